The number of rotatable bonds is 6. The van der Waals surface area contributed by atoms with E-state index in [9.17, 15) is 26.4 Å². The molecule has 3 fully saturated rings. The van der Waals surface area contributed by atoms with Gasteiger partial charge in [-0.25, -0.2) is 13.4 Å². The van der Waals surface area contributed by atoms with Gasteiger partial charge >= 0.3 is 6.18 Å². The van der Waals surface area contributed by atoms with Crippen molar-refractivity contribution in [2.75, 3.05) is 60.9 Å². The van der Waals surface area contributed by atoms with Gasteiger partial charge in [0.25, 0.3) is 5.91 Å². The van der Waals surface area contributed by atoms with E-state index < -0.39 is 21.8 Å². The highest BCUT2D eigenvalue weighted by atomic mass is 35.5. The highest BCUT2D eigenvalue weighted by Crippen LogP contribution is 2.33. The Morgan fingerprint density at radius 3 is 2.33 bits per heavy atom. The van der Waals surface area contributed by atoms with Crippen LogP contribution in [0.1, 0.15) is 15.9 Å². The molecule has 222 valence electrons. The van der Waals surface area contributed by atoms with Crippen molar-refractivity contribution in [3.8, 4) is 0 Å². The number of amides is 1. The maximum atomic E-state index is 13.3. The SMILES string of the molecule is O=C(Nc1ccc(S(=O)(=O)N2CCN(c3cc(C(F)(F)F)cc(Cl)n3)CC2)cc1)c1cccc(N2CC3CNC3C2)c1. The fourth-order valence-electron chi connectivity index (χ4n) is 5.54. The first-order chi connectivity index (χ1) is 20.0. The van der Waals surface area contributed by atoms with Crippen molar-refractivity contribution in [3.05, 3.63) is 76.9 Å². The minimum absolute atomic E-state index is 0.0436. The Kier molecular flexibility index (Phi) is 7.54. The van der Waals surface area contributed by atoms with Crippen LogP contribution in [0.3, 0.4) is 0 Å². The Balaban J connectivity index is 1.08. The molecular weight excluding hydrogens is 593 g/mol. The molecule has 1 aromatic heterocycles. The summed E-state index contributed by atoms with van der Waals surface area (Å²) in [5.74, 6) is 0.391. The lowest BCUT2D eigenvalue weighted by atomic mass is 9.96. The largest absolute Gasteiger partial charge is 0.416 e. The van der Waals surface area contributed by atoms with Crippen LogP contribution in [0.5, 0.6) is 0 Å². The first-order valence-electron chi connectivity index (χ1n) is 13.5. The topological polar surface area (TPSA) is 97.9 Å². The molecule has 3 aliphatic heterocycles. The van der Waals surface area contributed by atoms with Gasteiger partial charge in [-0.3, -0.25) is 4.79 Å². The summed E-state index contributed by atoms with van der Waals surface area (Å²) in [7, 11) is -3.87. The van der Waals surface area contributed by atoms with E-state index in [1.54, 1.807) is 11.0 Å². The zero-order chi connectivity index (χ0) is 29.6. The smallest absolute Gasteiger partial charge is 0.370 e. The Morgan fingerprint density at radius 1 is 0.976 bits per heavy atom. The van der Waals surface area contributed by atoms with E-state index in [2.05, 4.69) is 20.5 Å². The van der Waals surface area contributed by atoms with Gasteiger partial charge in [0.05, 0.1) is 10.5 Å². The van der Waals surface area contributed by atoms with Crippen LogP contribution < -0.4 is 20.4 Å². The normalized spacial score (nSPS) is 21.1. The molecule has 4 heterocycles. The molecule has 42 heavy (non-hydrogen) atoms. The molecule has 0 aliphatic carbocycles. The number of hydrogen-bond acceptors (Lipinski definition) is 7. The second-order valence-corrected chi connectivity index (χ2v) is 13.0. The fourth-order valence-corrected chi connectivity index (χ4v) is 7.16. The molecule has 14 heteroatoms. The van der Waals surface area contributed by atoms with Crippen LogP contribution in [0.4, 0.5) is 30.4 Å². The van der Waals surface area contributed by atoms with Crippen LogP contribution in [0.25, 0.3) is 0 Å². The Bertz CT molecular complexity index is 1590. The van der Waals surface area contributed by atoms with Gasteiger partial charge in [-0.1, -0.05) is 17.7 Å². The molecule has 0 spiro atoms. The molecule has 0 radical (unpaired) electrons. The van der Waals surface area contributed by atoms with E-state index in [1.165, 1.54) is 28.6 Å². The van der Waals surface area contributed by atoms with Gasteiger partial charge in [-0.2, -0.15) is 17.5 Å². The third-order valence-electron chi connectivity index (χ3n) is 7.98. The van der Waals surface area contributed by atoms with Crippen LogP contribution in [-0.2, 0) is 16.2 Å². The highest BCUT2D eigenvalue weighted by molar-refractivity contribution is 7.89. The molecule has 0 saturated carbocycles. The van der Waals surface area contributed by atoms with Gasteiger partial charge in [-0.15, -0.1) is 0 Å². The molecule has 3 saturated heterocycles. The second-order valence-electron chi connectivity index (χ2n) is 10.6. The van der Waals surface area contributed by atoms with Crippen molar-refractivity contribution in [1.82, 2.24) is 14.6 Å². The van der Waals surface area contributed by atoms with Gasteiger partial charge in [0, 0.05) is 74.7 Å². The third kappa shape index (κ3) is 5.78. The van der Waals surface area contributed by atoms with Gasteiger partial charge < -0.3 is 20.4 Å². The Hall–Kier alpha value is -3.39. The summed E-state index contributed by atoms with van der Waals surface area (Å²) >= 11 is 5.81. The van der Waals surface area contributed by atoms with Crippen LogP contribution in [0, 0.1) is 5.92 Å². The predicted molar refractivity (Wildman–Crippen MR) is 154 cm³/mol. The number of nitrogens with one attached hydrogen (secondary N) is 2. The zero-order valence-corrected chi connectivity index (χ0v) is 23.9. The number of carbonyl (C=O) groups excluding carboxylic acids is 1. The number of piperazine rings is 1. The molecule has 2 unspecified atom stereocenters. The maximum Gasteiger partial charge on any atom is 0.416 e. The summed E-state index contributed by atoms with van der Waals surface area (Å²) in [6.45, 7) is 3.30. The lowest BCUT2D eigenvalue weighted by molar-refractivity contribution is -0.137. The van der Waals surface area contributed by atoms with E-state index in [-0.39, 0.29) is 48.0 Å². The molecule has 9 nitrogen and oxygen atoms in total. The molecule has 3 aromatic rings. The summed E-state index contributed by atoms with van der Waals surface area (Å²) < 4.78 is 67.4. The number of benzene rings is 2. The first kappa shape index (κ1) is 28.7. The number of fused-ring (bicyclic) bond motifs is 1. The third-order valence-corrected chi connectivity index (χ3v) is 10.1. The standard InChI is InChI=1S/C28H28ClF3N6O3S/c29-25-13-20(28(30,31)32)14-26(35-25)36-8-10-38(11-9-36)42(40,41)23-6-4-21(5-7-23)34-27(39)18-2-1-3-22(12-18)37-16-19-15-33-24(19)17-37/h1-7,12-14,19,24,33H,8-11,15-17H2,(H,34,39). The molecule has 2 aromatic carbocycles. The Labute approximate surface area is 246 Å². The number of pyridine rings is 1. The predicted octanol–water partition coefficient (Wildman–Crippen LogP) is 3.93. The van der Waals surface area contributed by atoms with Crippen molar-refractivity contribution < 1.29 is 26.4 Å². The number of aromatic nitrogens is 1. The molecule has 2 atom stereocenters. The second kappa shape index (κ2) is 11.0. The summed E-state index contributed by atoms with van der Waals surface area (Å²) in [4.78, 5) is 20.8. The van der Waals surface area contributed by atoms with Crippen molar-refractivity contribution >= 4 is 44.7 Å². The number of sulfonamides is 1. The van der Waals surface area contributed by atoms with Crippen molar-refractivity contribution in [1.29, 1.82) is 0 Å². The number of nitrogens with zero attached hydrogens (tertiary/aromatic N) is 4. The fraction of sp³-hybridized carbons (Fsp3) is 0.357. The van der Waals surface area contributed by atoms with Crippen LogP contribution in [0.15, 0.2) is 65.6 Å². The van der Waals surface area contributed by atoms with Crippen LogP contribution in [-0.4, -0.2) is 75.5 Å². The molecule has 2 N–H and O–H groups in total. The first-order valence-corrected chi connectivity index (χ1v) is 15.3. The molecule has 1 amide bonds. The average molecular weight is 621 g/mol. The summed E-state index contributed by atoms with van der Waals surface area (Å²) in [6, 6.07) is 15.5. The van der Waals surface area contributed by atoms with Crippen molar-refractivity contribution in [3.63, 3.8) is 0 Å². The van der Waals surface area contributed by atoms with E-state index in [0.717, 1.165) is 37.5 Å². The monoisotopic (exact) mass is 620 g/mol. The van der Waals surface area contributed by atoms with Crippen LogP contribution in [0.2, 0.25) is 5.15 Å². The minimum atomic E-state index is -4.58. The lowest BCUT2D eigenvalue weighted by Gasteiger charge is -2.35. The van der Waals surface area contributed by atoms with Crippen molar-refractivity contribution in [2.24, 2.45) is 5.92 Å². The summed E-state index contributed by atoms with van der Waals surface area (Å²) in [5.41, 5.74) is 1.03. The highest BCUT2D eigenvalue weighted by Gasteiger charge is 2.39. The zero-order valence-electron chi connectivity index (χ0n) is 22.3. The Morgan fingerprint density at radius 2 is 1.71 bits per heavy atom. The van der Waals surface area contributed by atoms with Crippen LogP contribution >= 0.6 is 11.6 Å². The average Bonchev–Trinajstić information content (AvgIpc) is 3.26. The number of carbonyl (C=O) groups is 1. The molecule has 0 bridgehead atoms. The van der Waals surface area contributed by atoms with Gasteiger partial charge in [-0.05, 0) is 54.6 Å². The lowest BCUT2D eigenvalue weighted by Crippen LogP contribution is -2.51. The number of anilines is 3. The van der Waals surface area contributed by atoms with E-state index >= 15 is 0 Å². The quantitative estimate of drug-likeness (QED) is 0.403. The van der Waals surface area contributed by atoms with Crippen molar-refractivity contribution in [2.45, 2.75) is 17.1 Å². The van der Waals surface area contributed by atoms with Gasteiger partial charge in [0.15, 0.2) is 0 Å². The van der Waals surface area contributed by atoms with Gasteiger partial charge in [0.1, 0.15) is 11.0 Å². The molecule has 6 rings (SSSR count). The number of alkyl halides is 3. The van der Waals surface area contributed by atoms with Gasteiger partial charge in [0.2, 0.25) is 10.0 Å². The van der Waals surface area contributed by atoms with E-state index in [1.807, 2.05) is 18.2 Å². The summed E-state index contributed by atoms with van der Waals surface area (Å²) in [6.07, 6.45) is -4.58. The minimum Gasteiger partial charge on any atom is -0.370 e. The molecular formula is C28H28ClF3N6O3S. The number of hydrogen-bond donors (Lipinski definition) is 2. The van der Waals surface area contributed by atoms with E-state index in [0.29, 0.717) is 23.2 Å². The maximum absolute atomic E-state index is 13.3. The van der Waals surface area contributed by atoms with E-state index in [4.69, 9.17) is 11.6 Å². The molecule has 3 aliphatic rings. The number of halogens is 4. The summed E-state index contributed by atoms with van der Waals surface area (Å²) in [5, 5.41) is 5.96.